The second-order valence-electron chi connectivity index (χ2n) is 6.52. The second-order valence-corrected chi connectivity index (χ2v) is 9.08. The summed E-state index contributed by atoms with van der Waals surface area (Å²) in [5, 5.41) is 11.7. The minimum absolute atomic E-state index is 0.0119. The number of amides is 1. The maximum Gasteiger partial charge on any atom is 0.340 e. The Morgan fingerprint density at radius 1 is 1.37 bits per heavy atom. The molecule has 0 saturated carbocycles. The molecule has 0 unspecified atom stereocenters. The van der Waals surface area contributed by atoms with E-state index in [1.165, 1.54) is 26.2 Å². The van der Waals surface area contributed by atoms with Gasteiger partial charge in [-0.15, -0.1) is 0 Å². The maximum absolute atomic E-state index is 12.2. The Balaban J connectivity index is 2.93. The Kier molecular flexibility index (Phi) is 7.37. The summed E-state index contributed by atoms with van der Waals surface area (Å²) < 4.78 is 30.3. The molecule has 0 heterocycles. The molecule has 1 aromatic carbocycles. The average molecular weight is 416 g/mol. The zero-order chi connectivity index (χ0) is 21.0. The molecule has 10 heteroatoms. The Morgan fingerprint density at radius 2 is 1.96 bits per heavy atom. The highest BCUT2D eigenvalue weighted by molar-refractivity contribution is 7.89. The van der Waals surface area contributed by atoms with E-state index in [2.05, 4.69) is 5.32 Å². The highest BCUT2D eigenvalue weighted by Crippen LogP contribution is 2.23. The number of halogens is 1. The van der Waals surface area contributed by atoms with E-state index in [1.54, 1.807) is 20.8 Å². The van der Waals surface area contributed by atoms with Gasteiger partial charge in [0.05, 0.1) is 21.6 Å². The van der Waals surface area contributed by atoms with Gasteiger partial charge >= 0.3 is 5.97 Å². The van der Waals surface area contributed by atoms with E-state index in [0.29, 0.717) is 0 Å². The minimum atomic E-state index is -3.77. The van der Waals surface area contributed by atoms with Crippen LogP contribution in [0.5, 0.6) is 0 Å². The van der Waals surface area contributed by atoms with E-state index in [4.69, 9.17) is 16.3 Å². The predicted molar refractivity (Wildman–Crippen MR) is 99.6 cm³/mol. The molecule has 0 radical (unpaired) electrons. The van der Waals surface area contributed by atoms with Crippen molar-refractivity contribution in [2.24, 2.45) is 5.92 Å². The third kappa shape index (κ3) is 5.42. The van der Waals surface area contributed by atoms with E-state index < -0.39 is 34.0 Å². The fourth-order valence-corrected chi connectivity index (χ4v) is 2.99. The third-order valence-corrected chi connectivity index (χ3v) is 6.20. The van der Waals surface area contributed by atoms with Crippen molar-refractivity contribution < 1.29 is 22.7 Å². The first kappa shape index (κ1) is 22.9. The van der Waals surface area contributed by atoms with Gasteiger partial charge in [-0.3, -0.25) is 4.79 Å². The van der Waals surface area contributed by atoms with Gasteiger partial charge in [0.1, 0.15) is 5.54 Å². The van der Waals surface area contributed by atoms with Crippen molar-refractivity contribution in [2.45, 2.75) is 31.2 Å². The van der Waals surface area contributed by atoms with Crippen LogP contribution in [0.4, 0.5) is 0 Å². The molecular formula is C17H22ClN3O5S. The molecule has 1 N–H and O–H groups in total. The summed E-state index contributed by atoms with van der Waals surface area (Å²) in [7, 11) is -1.06. The van der Waals surface area contributed by atoms with Crippen LogP contribution in [0.25, 0.3) is 0 Å². The van der Waals surface area contributed by atoms with E-state index >= 15 is 0 Å². The summed E-state index contributed by atoms with van der Waals surface area (Å²) >= 11 is 5.95. The van der Waals surface area contributed by atoms with Crippen molar-refractivity contribution in [3.63, 3.8) is 0 Å². The van der Waals surface area contributed by atoms with Crippen molar-refractivity contribution in [2.75, 3.05) is 20.7 Å². The van der Waals surface area contributed by atoms with Crippen LogP contribution < -0.4 is 5.32 Å². The van der Waals surface area contributed by atoms with Crippen LogP contribution in [0.15, 0.2) is 23.1 Å². The Labute approximate surface area is 164 Å². The molecule has 0 aliphatic carbocycles. The smallest absolute Gasteiger partial charge is 0.340 e. The Morgan fingerprint density at radius 3 is 2.44 bits per heavy atom. The zero-order valence-corrected chi connectivity index (χ0v) is 17.3. The lowest BCUT2D eigenvalue weighted by Crippen LogP contribution is -2.50. The Hall–Kier alpha value is -2.15. The summed E-state index contributed by atoms with van der Waals surface area (Å²) in [5.74, 6) is -1.77. The lowest BCUT2D eigenvalue weighted by atomic mass is 9.90. The van der Waals surface area contributed by atoms with Crippen LogP contribution in [0.3, 0.4) is 0 Å². The summed E-state index contributed by atoms with van der Waals surface area (Å²) in [4.78, 5) is 24.1. The lowest BCUT2D eigenvalue weighted by molar-refractivity contribution is -0.125. The van der Waals surface area contributed by atoms with Gasteiger partial charge in [0.25, 0.3) is 5.91 Å². The number of ether oxygens (including phenoxy) is 1. The molecule has 27 heavy (non-hydrogen) atoms. The van der Waals surface area contributed by atoms with Crippen LogP contribution in [0, 0.1) is 17.2 Å². The summed E-state index contributed by atoms with van der Waals surface area (Å²) in [6.45, 7) is 4.46. The van der Waals surface area contributed by atoms with Gasteiger partial charge in [0.15, 0.2) is 6.61 Å². The number of nitriles is 1. The fourth-order valence-electron chi connectivity index (χ4n) is 1.87. The zero-order valence-electron chi connectivity index (χ0n) is 15.7. The third-order valence-electron chi connectivity index (χ3n) is 4.06. The van der Waals surface area contributed by atoms with Gasteiger partial charge in [-0.1, -0.05) is 25.4 Å². The number of nitrogens with zero attached hydrogens (tertiary/aromatic N) is 2. The largest absolute Gasteiger partial charge is 0.452 e. The maximum atomic E-state index is 12.2. The molecule has 0 bridgehead atoms. The van der Waals surface area contributed by atoms with Crippen molar-refractivity contribution in [1.29, 1.82) is 5.26 Å². The average Bonchev–Trinajstić information content (AvgIpc) is 2.59. The fraction of sp³-hybridized carbons (Fsp3) is 0.471. The van der Waals surface area contributed by atoms with Gasteiger partial charge in [0, 0.05) is 14.1 Å². The molecule has 1 amide bonds. The molecule has 8 nitrogen and oxygen atoms in total. The SMILES string of the molecule is CC(C)[C@@](C)(C#N)NC(=O)COC(=O)c1cc(S(=O)(=O)N(C)C)ccc1Cl. The molecule has 0 saturated heterocycles. The number of carbonyl (C=O) groups is 2. The number of sulfonamides is 1. The normalized spacial score (nSPS) is 13.7. The van der Waals surface area contributed by atoms with Crippen LogP contribution in [-0.4, -0.2) is 50.8 Å². The lowest BCUT2D eigenvalue weighted by Gasteiger charge is -2.27. The van der Waals surface area contributed by atoms with Crippen molar-refractivity contribution in [3.05, 3.63) is 28.8 Å². The first-order chi connectivity index (χ1) is 12.3. The van der Waals surface area contributed by atoms with Gasteiger partial charge in [-0.25, -0.2) is 17.5 Å². The van der Waals surface area contributed by atoms with Crippen LogP contribution >= 0.6 is 11.6 Å². The van der Waals surface area contributed by atoms with Crippen molar-refractivity contribution in [1.82, 2.24) is 9.62 Å². The van der Waals surface area contributed by atoms with Crippen LogP contribution in [0.2, 0.25) is 5.02 Å². The molecular weight excluding hydrogens is 394 g/mol. The van der Waals surface area contributed by atoms with E-state index in [-0.39, 0.29) is 21.4 Å². The van der Waals surface area contributed by atoms with Gasteiger partial charge in [-0.05, 0) is 31.0 Å². The van der Waals surface area contributed by atoms with Gasteiger partial charge in [-0.2, -0.15) is 5.26 Å². The number of hydrogen-bond donors (Lipinski definition) is 1. The number of esters is 1. The highest BCUT2D eigenvalue weighted by Gasteiger charge is 2.30. The quantitative estimate of drug-likeness (QED) is 0.678. The molecule has 0 spiro atoms. The highest BCUT2D eigenvalue weighted by atomic mass is 35.5. The van der Waals surface area contributed by atoms with Gasteiger partial charge in [0.2, 0.25) is 10.0 Å². The standard InChI is InChI=1S/C17H22ClN3O5S/c1-11(2)17(3,10-19)20-15(22)9-26-16(23)13-8-12(6-7-14(13)18)27(24,25)21(4)5/h6-8,11H,9H2,1-5H3,(H,20,22)/t17-/m1/s1. The molecule has 1 atom stereocenters. The van der Waals surface area contributed by atoms with Gasteiger partial charge < -0.3 is 10.1 Å². The van der Waals surface area contributed by atoms with E-state index in [0.717, 1.165) is 10.4 Å². The monoisotopic (exact) mass is 415 g/mol. The number of hydrogen-bond acceptors (Lipinski definition) is 6. The predicted octanol–water partition coefficient (Wildman–Crippen LogP) is 1.80. The number of carbonyl (C=O) groups excluding carboxylic acids is 2. The number of benzene rings is 1. The molecule has 0 aliphatic rings. The molecule has 0 aliphatic heterocycles. The number of nitrogens with one attached hydrogen (secondary N) is 1. The second kappa shape index (κ2) is 8.69. The van der Waals surface area contributed by atoms with E-state index in [9.17, 15) is 23.3 Å². The first-order valence-electron chi connectivity index (χ1n) is 7.96. The topological polar surface area (TPSA) is 117 Å². The molecule has 1 aromatic rings. The molecule has 148 valence electrons. The Bertz CT molecular complexity index is 877. The number of rotatable bonds is 7. The molecule has 1 rings (SSSR count). The summed E-state index contributed by atoms with van der Waals surface area (Å²) in [5.41, 5.74) is -1.29. The summed E-state index contributed by atoms with van der Waals surface area (Å²) in [6, 6.07) is 5.63. The molecule has 0 fully saturated rings. The summed E-state index contributed by atoms with van der Waals surface area (Å²) in [6.07, 6.45) is 0. The minimum Gasteiger partial charge on any atom is -0.452 e. The van der Waals surface area contributed by atoms with Crippen molar-refractivity contribution >= 4 is 33.5 Å². The van der Waals surface area contributed by atoms with E-state index in [1.807, 2.05) is 6.07 Å². The van der Waals surface area contributed by atoms with Crippen LogP contribution in [-0.2, 0) is 19.6 Å². The van der Waals surface area contributed by atoms with Crippen LogP contribution in [0.1, 0.15) is 31.1 Å². The van der Waals surface area contributed by atoms with Crippen molar-refractivity contribution in [3.8, 4) is 6.07 Å². The first-order valence-corrected chi connectivity index (χ1v) is 9.78. The molecule has 0 aromatic heterocycles.